The number of guanidine groups is 1. The van der Waals surface area contributed by atoms with E-state index in [9.17, 15) is 0 Å². The number of rotatable bonds is 7. The maximum absolute atomic E-state index is 5.45. The van der Waals surface area contributed by atoms with Crippen molar-refractivity contribution in [2.45, 2.75) is 32.1 Å². The molecule has 1 aliphatic heterocycles. The number of hydrogen-bond donors (Lipinski definition) is 2. The van der Waals surface area contributed by atoms with E-state index >= 15 is 0 Å². The molecule has 0 saturated carbocycles. The van der Waals surface area contributed by atoms with Gasteiger partial charge in [-0.2, -0.15) is 0 Å². The van der Waals surface area contributed by atoms with Crippen molar-refractivity contribution < 1.29 is 4.74 Å². The SMILES string of the molecule is CN=C(NCCN1CCCCC1)NCC(C)c1ccccc1OC.I. The van der Waals surface area contributed by atoms with E-state index in [2.05, 4.69) is 39.6 Å². The lowest BCUT2D eigenvalue weighted by Crippen LogP contribution is -2.43. The molecule has 6 heteroatoms. The van der Waals surface area contributed by atoms with E-state index < -0.39 is 0 Å². The lowest BCUT2D eigenvalue weighted by molar-refractivity contribution is 0.232. The summed E-state index contributed by atoms with van der Waals surface area (Å²) in [6.07, 6.45) is 4.06. The molecule has 5 nitrogen and oxygen atoms in total. The molecule has 25 heavy (non-hydrogen) atoms. The molecule has 0 aromatic heterocycles. The second-order valence-corrected chi connectivity index (χ2v) is 6.43. The van der Waals surface area contributed by atoms with Gasteiger partial charge in [-0.3, -0.25) is 4.99 Å². The van der Waals surface area contributed by atoms with Gasteiger partial charge in [0.1, 0.15) is 5.75 Å². The molecule has 1 saturated heterocycles. The molecule has 2 rings (SSSR count). The number of benzene rings is 1. The van der Waals surface area contributed by atoms with Gasteiger partial charge in [0.05, 0.1) is 7.11 Å². The minimum Gasteiger partial charge on any atom is -0.496 e. The molecule has 2 N–H and O–H groups in total. The quantitative estimate of drug-likeness (QED) is 0.373. The van der Waals surface area contributed by atoms with Crippen LogP contribution in [0, 0.1) is 0 Å². The van der Waals surface area contributed by atoms with E-state index in [0.717, 1.165) is 31.3 Å². The van der Waals surface area contributed by atoms with E-state index in [-0.39, 0.29) is 24.0 Å². The lowest BCUT2D eigenvalue weighted by atomic mass is 10.0. The van der Waals surface area contributed by atoms with Crippen molar-refractivity contribution >= 4 is 29.9 Å². The van der Waals surface area contributed by atoms with Gasteiger partial charge in [-0.15, -0.1) is 24.0 Å². The Kier molecular flexibility index (Phi) is 10.9. The standard InChI is InChI=1S/C19H32N4O.HI/c1-16(17-9-5-6-10-18(17)24-3)15-22-19(20-2)21-11-14-23-12-7-4-8-13-23;/h5-6,9-10,16H,4,7-8,11-15H2,1-3H3,(H2,20,21,22);1H. The molecule has 0 bridgehead atoms. The second kappa shape index (κ2) is 12.4. The van der Waals surface area contributed by atoms with Crippen LogP contribution in [0.3, 0.4) is 0 Å². The molecule has 1 atom stereocenters. The van der Waals surface area contributed by atoms with E-state index in [1.807, 2.05) is 19.2 Å². The fraction of sp³-hybridized carbons (Fsp3) is 0.632. The molecular weight excluding hydrogens is 427 g/mol. The first kappa shape index (κ1) is 22.0. The fourth-order valence-electron chi connectivity index (χ4n) is 3.17. The van der Waals surface area contributed by atoms with Crippen LogP contribution in [0.5, 0.6) is 5.75 Å². The summed E-state index contributed by atoms with van der Waals surface area (Å²) in [5.41, 5.74) is 1.22. The molecule has 142 valence electrons. The smallest absolute Gasteiger partial charge is 0.191 e. The zero-order valence-corrected chi connectivity index (χ0v) is 18.1. The summed E-state index contributed by atoms with van der Waals surface area (Å²) >= 11 is 0. The van der Waals surface area contributed by atoms with Crippen molar-refractivity contribution in [1.82, 2.24) is 15.5 Å². The van der Waals surface area contributed by atoms with Gasteiger partial charge >= 0.3 is 0 Å². The molecule has 1 heterocycles. The average Bonchev–Trinajstić information content (AvgIpc) is 2.65. The Labute approximate surface area is 169 Å². The Bertz CT molecular complexity index is 518. The number of hydrogen-bond acceptors (Lipinski definition) is 3. The molecule has 0 amide bonds. The van der Waals surface area contributed by atoms with Gasteiger partial charge in [-0.1, -0.05) is 31.5 Å². The van der Waals surface area contributed by atoms with Crippen molar-refractivity contribution in [3.05, 3.63) is 29.8 Å². The molecule has 1 aromatic carbocycles. The van der Waals surface area contributed by atoms with Crippen molar-refractivity contribution in [3.63, 3.8) is 0 Å². The van der Waals surface area contributed by atoms with E-state index in [4.69, 9.17) is 4.74 Å². The molecule has 0 aliphatic carbocycles. The highest BCUT2D eigenvalue weighted by molar-refractivity contribution is 14.0. The predicted octanol–water partition coefficient (Wildman–Crippen LogP) is 3.07. The molecule has 1 unspecified atom stereocenters. The number of likely N-dealkylation sites (tertiary alicyclic amines) is 1. The number of piperidine rings is 1. The third kappa shape index (κ3) is 7.40. The average molecular weight is 460 g/mol. The summed E-state index contributed by atoms with van der Waals surface area (Å²) in [4.78, 5) is 6.85. The minimum atomic E-state index is 0. The maximum atomic E-state index is 5.45. The van der Waals surface area contributed by atoms with Gasteiger partial charge in [0.25, 0.3) is 0 Å². The minimum absolute atomic E-state index is 0. The number of nitrogens with one attached hydrogen (secondary N) is 2. The third-order valence-electron chi connectivity index (χ3n) is 4.64. The maximum Gasteiger partial charge on any atom is 0.191 e. The Balaban J connectivity index is 0.00000312. The number of nitrogens with zero attached hydrogens (tertiary/aromatic N) is 2. The predicted molar refractivity (Wildman–Crippen MR) is 116 cm³/mol. The van der Waals surface area contributed by atoms with Crippen molar-refractivity contribution in [2.75, 3.05) is 46.9 Å². The summed E-state index contributed by atoms with van der Waals surface area (Å²) in [6, 6.07) is 8.19. The number of halogens is 1. The Morgan fingerprint density at radius 3 is 2.60 bits per heavy atom. The van der Waals surface area contributed by atoms with Crippen LogP contribution in [0.2, 0.25) is 0 Å². The number of aliphatic imine (C=N–C) groups is 1. The Hall–Kier alpha value is -1.02. The topological polar surface area (TPSA) is 48.9 Å². The largest absolute Gasteiger partial charge is 0.496 e. The van der Waals surface area contributed by atoms with Crippen LogP contribution in [0.25, 0.3) is 0 Å². The monoisotopic (exact) mass is 460 g/mol. The molecule has 1 aliphatic rings. The van der Waals surface area contributed by atoms with Gasteiger partial charge in [0.2, 0.25) is 0 Å². The van der Waals surface area contributed by atoms with Crippen LogP contribution in [0.15, 0.2) is 29.3 Å². The molecule has 1 fully saturated rings. The number of ether oxygens (including phenoxy) is 1. The summed E-state index contributed by atoms with van der Waals surface area (Å²) in [7, 11) is 3.55. The number of para-hydroxylation sites is 1. The van der Waals surface area contributed by atoms with Crippen LogP contribution >= 0.6 is 24.0 Å². The Morgan fingerprint density at radius 2 is 1.92 bits per heavy atom. The van der Waals surface area contributed by atoms with Gasteiger partial charge < -0.3 is 20.3 Å². The van der Waals surface area contributed by atoms with Crippen molar-refractivity contribution in [2.24, 2.45) is 4.99 Å². The zero-order chi connectivity index (χ0) is 17.2. The Morgan fingerprint density at radius 1 is 1.20 bits per heavy atom. The summed E-state index contributed by atoms with van der Waals surface area (Å²) in [5, 5.41) is 6.84. The zero-order valence-electron chi connectivity index (χ0n) is 15.8. The van der Waals surface area contributed by atoms with E-state index in [1.165, 1.54) is 37.9 Å². The lowest BCUT2D eigenvalue weighted by Gasteiger charge is -2.26. The first-order chi connectivity index (χ1) is 11.7. The molecule has 1 aromatic rings. The molecular formula is C19H33IN4O. The first-order valence-electron chi connectivity index (χ1n) is 9.04. The summed E-state index contributed by atoms with van der Waals surface area (Å²) in [6.45, 7) is 7.51. The van der Waals surface area contributed by atoms with E-state index in [1.54, 1.807) is 7.11 Å². The van der Waals surface area contributed by atoms with Crippen LogP contribution in [-0.2, 0) is 0 Å². The fourth-order valence-corrected chi connectivity index (χ4v) is 3.17. The van der Waals surface area contributed by atoms with Gasteiger partial charge in [0, 0.05) is 32.6 Å². The van der Waals surface area contributed by atoms with E-state index in [0.29, 0.717) is 5.92 Å². The summed E-state index contributed by atoms with van der Waals surface area (Å²) < 4.78 is 5.45. The first-order valence-corrected chi connectivity index (χ1v) is 9.04. The van der Waals surface area contributed by atoms with Crippen LogP contribution in [0.4, 0.5) is 0 Å². The number of methoxy groups -OCH3 is 1. The van der Waals surface area contributed by atoms with Crippen LogP contribution in [-0.4, -0.2) is 57.7 Å². The van der Waals surface area contributed by atoms with Crippen LogP contribution < -0.4 is 15.4 Å². The second-order valence-electron chi connectivity index (χ2n) is 6.43. The third-order valence-corrected chi connectivity index (χ3v) is 4.64. The highest BCUT2D eigenvalue weighted by atomic mass is 127. The van der Waals surface area contributed by atoms with Gasteiger partial charge in [-0.05, 0) is 37.6 Å². The highest BCUT2D eigenvalue weighted by Crippen LogP contribution is 2.25. The highest BCUT2D eigenvalue weighted by Gasteiger charge is 2.12. The van der Waals surface area contributed by atoms with Crippen LogP contribution in [0.1, 0.15) is 37.7 Å². The van der Waals surface area contributed by atoms with Gasteiger partial charge in [0.15, 0.2) is 5.96 Å². The van der Waals surface area contributed by atoms with Crippen molar-refractivity contribution in [3.8, 4) is 5.75 Å². The normalized spacial score (nSPS) is 16.7. The molecule has 0 radical (unpaired) electrons. The summed E-state index contributed by atoms with van der Waals surface area (Å²) in [5.74, 6) is 2.16. The van der Waals surface area contributed by atoms with Crippen molar-refractivity contribution in [1.29, 1.82) is 0 Å². The molecule has 0 spiro atoms. The van der Waals surface area contributed by atoms with Gasteiger partial charge in [-0.25, -0.2) is 0 Å².